The molecule has 0 bridgehead atoms. The first-order valence-electron chi connectivity index (χ1n) is 6.05. The highest BCUT2D eigenvalue weighted by Crippen LogP contribution is 2.21. The lowest BCUT2D eigenvalue weighted by atomic mass is 10.1. The Hall–Kier alpha value is -1.28. The zero-order valence-electron chi connectivity index (χ0n) is 11.6. The molecule has 19 heavy (non-hydrogen) atoms. The molecule has 0 saturated heterocycles. The van der Waals surface area contributed by atoms with Crippen LogP contribution in [0.3, 0.4) is 0 Å². The van der Waals surface area contributed by atoms with E-state index in [2.05, 4.69) is 10.2 Å². The van der Waals surface area contributed by atoms with Crippen molar-refractivity contribution in [3.8, 4) is 0 Å². The second-order valence-corrected chi connectivity index (χ2v) is 5.64. The van der Waals surface area contributed by atoms with Gasteiger partial charge in [0.05, 0.1) is 6.61 Å². The molecule has 1 aromatic heterocycles. The third-order valence-electron chi connectivity index (χ3n) is 2.43. The van der Waals surface area contributed by atoms with Crippen molar-refractivity contribution in [1.82, 2.24) is 14.8 Å². The van der Waals surface area contributed by atoms with Crippen molar-refractivity contribution in [3.63, 3.8) is 0 Å². The van der Waals surface area contributed by atoms with Crippen LogP contribution in [-0.2, 0) is 9.53 Å². The van der Waals surface area contributed by atoms with Gasteiger partial charge in [0.25, 0.3) is 0 Å². The predicted octanol–water partition coefficient (Wildman–Crippen LogP) is 0.525. The topological polar surface area (TPSA) is 103 Å². The molecule has 0 radical (unpaired) electrons. The molecule has 1 heterocycles. The second-order valence-electron chi connectivity index (χ2n) is 4.70. The number of H-pyrrole nitrogens is 1. The number of hydrogen-bond acceptors (Lipinski definition) is 6. The molecule has 3 N–H and O–H groups in total. The van der Waals surface area contributed by atoms with Crippen LogP contribution in [0.25, 0.3) is 0 Å². The quantitative estimate of drug-likeness (QED) is 0.584. The van der Waals surface area contributed by atoms with Gasteiger partial charge in [-0.05, 0) is 27.7 Å². The lowest BCUT2D eigenvalue weighted by Gasteiger charge is -2.21. The molecule has 0 aliphatic heterocycles. The number of thioether (sulfide) groups is 1. The first-order chi connectivity index (χ1) is 8.79. The molecule has 0 aliphatic carbocycles. The van der Waals surface area contributed by atoms with Gasteiger partial charge >= 0.3 is 11.7 Å². The molecule has 1 unspecified atom stereocenters. The number of nitrogens with two attached hydrogens (primary N) is 1. The van der Waals surface area contributed by atoms with Crippen molar-refractivity contribution < 1.29 is 9.53 Å². The molecule has 1 aromatic rings. The number of esters is 1. The number of nitrogens with zero attached hydrogens (tertiary/aromatic N) is 2. The maximum atomic E-state index is 11.7. The minimum absolute atomic E-state index is 0.0135. The van der Waals surface area contributed by atoms with E-state index >= 15 is 0 Å². The maximum Gasteiger partial charge on any atom is 0.344 e. The monoisotopic (exact) mass is 288 g/mol. The first kappa shape index (κ1) is 15.8. The molecule has 0 spiro atoms. The molecule has 8 heteroatoms. The molecule has 1 rings (SSSR count). The number of carbonyl (C=O) groups is 1. The van der Waals surface area contributed by atoms with Crippen molar-refractivity contribution >= 4 is 17.7 Å². The molecular weight excluding hydrogens is 268 g/mol. The Labute approximate surface area is 115 Å². The van der Waals surface area contributed by atoms with Gasteiger partial charge < -0.3 is 10.5 Å². The fourth-order valence-electron chi connectivity index (χ4n) is 1.42. The summed E-state index contributed by atoms with van der Waals surface area (Å²) in [6.07, 6.45) is 0. The van der Waals surface area contributed by atoms with E-state index < -0.39 is 11.5 Å². The zero-order valence-corrected chi connectivity index (χ0v) is 12.4. The van der Waals surface area contributed by atoms with Crippen molar-refractivity contribution in [2.45, 2.75) is 44.4 Å². The zero-order chi connectivity index (χ0) is 14.6. The van der Waals surface area contributed by atoms with E-state index in [1.165, 1.54) is 16.3 Å². The Morgan fingerprint density at radius 1 is 1.63 bits per heavy atom. The van der Waals surface area contributed by atoms with Gasteiger partial charge in [-0.1, -0.05) is 11.8 Å². The van der Waals surface area contributed by atoms with Gasteiger partial charge in [-0.2, -0.15) is 0 Å². The van der Waals surface area contributed by atoms with Gasteiger partial charge in [0.1, 0.15) is 5.54 Å². The van der Waals surface area contributed by atoms with Crippen molar-refractivity contribution in [3.05, 3.63) is 10.5 Å². The highest BCUT2D eigenvalue weighted by molar-refractivity contribution is 7.99. The molecule has 108 valence electrons. The predicted molar refractivity (Wildman–Crippen MR) is 73.2 cm³/mol. The Balaban J connectivity index is 2.77. The minimum atomic E-state index is -1.11. The molecule has 0 aromatic carbocycles. The fourth-order valence-corrected chi connectivity index (χ4v) is 2.51. The number of ether oxygens (including phenoxy) is 1. The van der Waals surface area contributed by atoms with Gasteiger partial charge in [-0.15, -0.1) is 5.10 Å². The number of rotatable bonds is 6. The van der Waals surface area contributed by atoms with E-state index in [9.17, 15) is 9.59 Å². The standard InChI is InChI=1S/C11H20N4O3S/c1-5-18-8(16)11(4,12)6-19-10-14-13-9(17)15(10)7(2)3/h7H,5-6,12H2,1-4H3,(H,13,17). The summed E-state index contributed by atoms with van der Waals surface area (Å²) < 4.78 is 6.42. The number of aromatic amines is 1. The van der Waals surface area contributed by atoms with Crippen LogP contribution < -0.4 is 11.4 Å². The Kier molecular flexibility index (Phi) is 5.19. The normalized spacial score (nSPS) is 14.4. The van der Waals surface area contributed by atoms with E-state index in [0.29, 0.717) is 5.16 Å². The van der Waals surface area contributed by atoms with Crippen LogP contribution >= 0.6 is 11.8 Å². The number of aromatic nitrogens is 3. The Bertz CT molecular complexity index is 492. The van der Waals surface area contributed by atoms with E-state index in [-0.39, 0.29) is 24.1 Å². The molecule has 0 fully saturated rings. The van der Waals surface area contributed by atoms with Crippen molar-refractivity contribution in [2.75, 3.05) is 12.4 Å². The molecular formula is C11H20N4O3S. The summed E-state index contributed by atoms with van der Waals surface area (Å²) in [4.78, 5) is 23.2. The number of nitrogens with one attached hydrogen (secondary N) is 1. The van der Waals surface area contributed by atoms with Crippen LogP contribution in [0.15, 0.2) is 9.95 Å². The fraction of sp³-hybridized carbons (Fsp3) is 0.727. The second kappa shape index (κ2) is 6.25. The van der Waals surface area contributed by atoms with E-state index in [1.54, 1.807) is 13.8 Å². The third kappa shape index (κ3) is 3.84. The van der Waals surface area contributed by atoms with E-state index in [1.807, 2.05) is 13.8 Å². The van der Waals surface area contributed by atoms with E-state index in [0.717, 1.165) is 0 Å². The minimum Gasteiger partial charge on any atom is -0.465 e. The van der Waals surface area contributed by atoms with E-state index in [4.69, 9.17) is 10.5 Å². The maximum absolute atomic E-state index is 11.7. The number of carbonyl (C=O) groups excluding carboxylic acids is 1. The smallest absolute Gasteiger partial charge is 0.344 e. The SMILES string of the molecule is CCOC(=O)C(C)(N)CSc1n[nH]c(=O)n1C(C)C. The van der Waals surface area contributed by atoms with Gasteiger partial charge in [-0.3, -0.25) is 9.36 Å². The summed E-state index contributed by atoms with van der Waals surface area (Å²) in [5, 5.41) is 6.83. The van der Waals surface area contributed by atoms with Crippen LogP contribution in [0.4, 0.5) is 0 Å². The summed E-state index contributed by atoms with van der Waals surface area (Å²) >= 11 is 1.25. The average molecular weight is 288 g/mol. The van der Waals surface area contributed by atoms with Crippen LogP contribution in [0.1, 0.15) is 33.7 Å². The lowest BCUT2D eigenvalue weighted by Crippen LogP contribution is -2.48. The van der Waals surface area contributed by atoms with Crippen LogP contribution in [0.5, 0.6) is 0 Å². The van der Waals surface area contributed by atoms with Crippen LogP contribution in [0, 0.1) is 0 Å². The molecule has 1 atom stereocenters. The highest BCUT2D eigenvalue weighted by Gasteiger charge is 2.31. The van der Waals surface area contributed by atoms with Gasteiger partial charge in [0, 0.05) is 11.8 Å². The van der Waals surface area contributed by atoms with Crippen molar-refractivity contribution in [2.24, 2.45) is 5.73 Å². The number of hydrogen-bond donors (Lipinski definition) is 2. The van der Waals surface area contributed by atoms with Crippen molar-refractivity contribution in [1.29, 1.82) is 0 Å². The molecule has 7 nitrogen and oxygen atoms in total. The third-order valence-corrected chi connectivity index (χ3v) is 3.72. The highest BCUT2D eigenvalue weighted by atomic mass is 32.2. The largest absolute Gasteiger partial charge is 0.465 e. The summed E-state index contributed by atoms with van der Waals surface area (Å²) in [5.74, 6) is -0.181. The molecule has 0 amide bonds. The Morgan fingerprint density at radius 3 is 2.79 bits per heavy atom. The summed E-state index contributed by atoms with van der Waals surface area (Å²) in [7, 11) is 0. The summed E-state index contributed by atoms with van der Waals surface area (Å²) in [6.45, 7) is 7.38. The van der Waals surface area contributed by atoms with Gasteiger partial charge in [0.15, 0.2) is 5.16 Å². The summed E-state index contributed by atoms with van der Waals surface area (Å²) in [6, 6.07) is -0.0135. The van der Waals surface area contributed by atoms with Crippen LogP contribution in [0.2, 0.25) is 0 Å². The summed E-state index contributed by atoms with van der Waals surface area (Å²) in [5.41, 5.74) is 4.52. The molecule has 0 aliphatic rings. The lowest BCUT2D eigenvalue weighted by molar-refractivity contribution is -0.148. The van der Waals surface area contributed by atoms with Gasteiger partial charge in [0.2, 0.25) is 0 Å². The van der Waals surface area contributed by atoms with Gasteiger partial charge in [-0.25, -0.2) is 9.89 Å². The molecule has 0 saturated carbocycles. The average Bonchev–Trinajstić information content (AvgIpc) is 2.68. The first-order valence-corrected chi connectivity index (χ1v) is 7.04. The van der Waals surface area contributed by atoms with Crippen LogP contribution in [-0.4, -0.2) is 38.6 Å². The Morgan fingerprint density at radius 2 is 2.26 bits per heavy atom.